The SMILES string of the molecule is Nc1ccccc1CNC(=O)c1ccc2c(c1)COC2. The van der Waals surface area contributed by atoms with Crippen molar-refractivity contribution < 1.29 is 9.53 Å². The van der Waals surface area contributed by atoms with Gasteiger partial charge in [-0.25, -0.2) is 0 Å². The molecule has 0 atom stereocenters. The van der Waals surface area contributed by atoms with Crippen LogP contribution in [0.4, 0.5) is 5.69 Å². The fourth-order valence-corrected chi connectivity index (χ4v) is 2.29. The van der Waals surface area contributed by atoms with E-state index in [-0.39, 0.29) is 5.91 Å². The number of nitrogens with two attached hydrogens (primary N) is 1. The van der Waals surface area contributed by atoms with Gasteiger partial charge >= 0.3 is 0 Å². The Kier molecular flexibility index (Phi) is 3.39. The van der Waals surface area contributed by atoms with Gasteiger partial charge in [-0.05, 0) is 34.9 Å². The molecular weight excluding hydrogens is 252 g/mol. The van der Waals surface area contributed by atoms with Crippen LogP contribution in [-0.4, -0.2) is 5.91 Å². The zero-order valence-corrected chi connectivity index (χ0v) is 11.1. The van der Waals surface area contributed by atoms with Gasteiger partial charge in [0, 0.05) is 17.8 Å². The first-order chi connectivity index (χ1) is 9.74. The van der Waals surface area contributed by atoms with Gasteiger partial charge in [0.15, 0.2) is 0 Å². The van der Waals surface area contributed by atoms with Gasteiger partial charge in [-0.3, -0.25) is 4.79 Å². The van der Waals surface area contributed by atoms with Gasteiger partial charge in [-0.15, -0.1) is 0 Å². The van der Waals surface area contributed by atoms with Crippen molar-refractivity contribution in [2.75, 3.05) is 5.73 Å². The molecule has 102 valence electrons. The number of rotatable bonds is 3. The van der Waals surface area contributed by atoms with E-state index in [2.05, 4.69) is 5.32 Å². The maximum Gasteiger partial charge on any atom is 0.251 e. The average molecular weight is 268 g/mol. The third kappa shape index (κ3) is 2.51. The van der Waals surface area contributed by atoms with E-state index < -0.39 is 0 Å². The number of hydrogen-bond donors (Lipinski definition) is 2. The van der Waals surface area contributed by atoms with Gasteiger partial charge < -0.3 is 15.8 Å². The molecule has 3 rings (SSSR count). The van der Waals surface area contributed by atoms with Crippen LogP contribution in [0.3, 0.4) is 0 Å². The molecule has 1 heterocycles. The number of nitrogens with one attached hydrogen (secondary N) is 1. The van der Waals surface area contributed by atoms with Gasteiger partial charge in [0.2, 0.25) is 0 Å². The maximum absolute atomic E-state index is 12.1. The Balaban J connectivity index is 1.69. The van der Waals surface area contributed by atoms with Crippen molar-refractivity contribution in [2.45, 2.75) is 19.8 Å². The molecule has 2 aromatic rings. The summed E-state index contributed by atoms with van der Waals surface area (Å²) in [5, 5.41) is 2.89. The minimum absolute atomic E-state index is 0.0945. The number of fused-ring (bicyclic) bond motifs is 1. The van der Waals surface area contributed by atoms with Gasteiger partial charge in [0.25, 0.3) is 5.91 Å². The van der Waals surface area contributed by atoms with Crippen molar-refractivity contribution in [3.8, 4) is 0 Å². The Morgan fingerprint density at radius 1 is 1.15 bits per heavy atom. The molecule has 0 unspecified atom stereocenters. The lowest BCUT2D eigenvalue weighted by Crippen LogP contribution is -2.23. The summed E-state index contributed by atoms with van der Waals surface area (Å²) < 4.78 is 5.35. The van der Waals surface area contributed by atoms with Crippen LogP contribution in [0.5, 0.6) is 0 Å². The average Bonchev–Trinajstić information content (AvgIpc) is 2.93. The van der Waals surface area contributed by atoms with Crippen molar-refractivity contribution in [3.63, 3.8) is 0 Å². The van der Waals surface area contributed by atoms with Gasteiger partial charge in [0.1, 0.15) is 0 Å². The lowest BCUT2D eigenvalue weighted by atomic mass is 10.1. The first kappa shape index (κ1) is 12.7. The maximum atomic E-state index is 12.1. The van der Waals surface area contributed by atoms with E-state index in [0.717, 1.165) is 16.7 Å². The lowest BCUT2D eigenvalue weighted by Gasteiger charge is -2.08. The molecule has 2 aromatic carbocycles. The number of carbonyl (C=O) groups is 1. The summed E-state index contributed by atoms with van der Waals surface area (Å²) >= 11 is 0. The summed E-state index contributed by atoms with van der Waals surface area (Å²) in [5.74, 6) is -0.0945. The number of anilines is 1. The molecule has 4 heteroatoms. The predicted molar refractivity (Wildman–Crippen MR) is 77.0 cm³/mol. The van der Waals surface area contributed by atoms with Crippen LogP contribution in [0, 0.1) is 0 Å². The van der Waals surface area contributed by atoms with Crippen LogP contribution in [0.2, 0.25) is 0 Å². The summed E-state index contributed by atoms with van der Waals surface area (Å²) in [6.07, 6.45) is 0. The minimum atomic E-state index is -0.0945. The molecular formula is C16H16N2O2. The Morgan fingerprint density at radius 3 is 2.80 bits per heavy atom. The fourth-order valence-electron chi connectivity index (χ4n) is 2.29. The molecule has 0 aliphatic carbocycles. The lowest BCUT2D eigenvalue weighted by molar-refractivity contribution is 0.0951. The van der Waals surface area contributed by atoms with E-state index >= 15 is 0 Å². The number of para-hydroxylation sites is 1. The highest BCUT2D eigenvalue weighted by Crippen LogP contribution is 2.21. The molecule has 0 bridgehead atoms. The molecule has 20 heavy (non-hydrogen) atoms. The largest absolute Gasteiger partial charge is 0.398 e. The van der Waals surface area contributed by atoms with Crippen molar-refractivity contribution in [1.82, 2.24) is 5.32 Å². The standard InChI is InChI=1S/C16H16N2O2/c17-15-4-2-1-3-12(15)8-18-16(19)11-5-6-13-9-20-10-14(13)7-11/h1-7H,8-10,17H2,(H,18,19). The normalized spacial score (nSPS) is 13.0. The molecule has 1 aliphatic rings. The second-order valence-electron chi connectivity index (χ2n) is 4.86. The van der Waals surface area contributed by atoms with E-state index in [0.29, 0.717) is 31.0 Å². The van der Waals surface area contributed by atoms with Crippen LogP contribution < -0.4 is 11.1 Å². The predicted octanol–water partition coefficient (Wildman–Crippen LogP) is 2.23. The van der Waals surface area contributed by atoms with Gasteiger partial charge in [-0.2, -0.15) is 0 Å². The van der Waals surface area contributed by atoms with Crippen LogP contribution in [0.1, 0.15) is 27.0 Å². The number of benzene rings is 2. The minimum Gasteiger partial charge on any atom is -0.398 e. The Bertz CT molecular complexity index is 653. The molecule has 0 aromatic heterocycles. The van der Waals surface area contributed by atoms with Crippen LogP contribution in [0.15, 0.2) is 42.5 Å². The van der Waals surface area contributed by atoms with Crippen LogP contribution in [-0.2, 0) is 24.5 Å². The van der Waals surface area contributed by atoms with Crippen LogP contribution >= 0.6 is 0 Å². The molecule has 0 saturated heterocycles. The second kappa shape index (κ2) is 5.35. The number of carbonyl (C=O) groups excluding carboxylic acids is 1. The highest BCUT2D eigenvalue weighted by molar-refractivity contribution is 5.94. The van der Waals surface area contributed by atoms with Crippen molar-refractivity contribution in [3.05, 3.63) is 64.7 Å². The number of amides is 1. The third-order valence-electron chi connectivity index (χ3n) is 3.48. The second-order valence-corrected chi connectivity index (χ2v) is 4.86. The molecule has 0 radical (unpaired) electrons. The summed E-state index contributed by atoms with van der Waals surface area (Å²) in [5.41, 5.74) is 10.4. The number of ether oxygens (including phenoxy) is 1. The fraction of sp³-hybridized carbons (Fsp3) is 0.188. The molecule has 0 saturated carbocycles. The first-order valence-corrected chi connectivity index (χ1v) is 6.55. The van der Waals surface area contributed by atoms with E-state index in [1.165, 1.54) is 0 Å². The zero-order valence-electron chi connectivity index (χ0n) is 11.1. The Morgan fingerprint density at radius 2 is 1.95 bits per heavy atom. The van der Waals surface area contributed by atoms with Crippen molar-refractivity contribution in [1.29, 1.82) is 0 Å². The van der Waals surface area contributed by atoms with E-state index in [1.54, 1.807) is 0 Å². The van der Waals surface area contributed by atoms with Gasteiger partial charge in [0.05, 0.1) is 13.2 Å². The van der Waals surface area contributed by atoms with Crippen LogP contribution in [0.25, 0.3) is 0 Å². The van der Waals surface area contributed by atoms with Crippen molar-refractivity contribution >= 4 is 11.6 Å². The quantitative estimate of drug-likeness (QED) is 0.839. The van der Waals surface area contributed by atoms with E-state index in [4.69, 9.17) is 10.5 Å². The molecule has 0 fully saturated rings. The summed E-state index contributed by atoms with van der Waals surface area (Å²) in [4.78, 5) is 12.1. The highest BCUT2D eigenvalue weighted by atomic mass is 16.5. The molecule has 1 amide bonds. The van der Waals surface area contributed by atoms with E-state index in [9.17, 15) is 4.79 Å². The van der Waals surface area contributed by atoms with Gasteiger partial charge in [-0.1, -0.05) is 24.3 Å². The summed E-state index contributed by atoms with van der Waals surface area (Å²) in [6.45, 7) is 1.65. The smallest absolute Gasteiger partial charge is 0.251 e. The molecule has 3 N–H and O–H groups in total. The number of hydrogen-bond acceptors (Lipinski definition) is 3. The third-order valence-corrected chi connectivity index (χ3v) is 3.48. The zero-order chi connectivity index (χ0) is 13.9. The molecule has 0 spiro atoms. The first-order valence-electron chi connectivity index (χ1n) is 6.55. The van der Waals surface area contributed by atoms with E-state index in [1.807, 2.05) is 42.5 Å². The Hall–Kier alpha value is -2.33. The topological polar surface area (TPSA) is 64.3 Å². The highest BCUT2D eigenvalue weighted by Gasteiger charge is 2.14. The van der Waals surface area contributed by atoms with Crippen molar-refractivity contribution in [2.24, 2.45) is 0 Å². The number of nitrogen functional groups attached to an aromatic ring is 1. The summed E-state index contributed by atoms with van der Waals surface area (Å²) in [7, 11) is 0. The molecule has 4 nitrogen and oxygen atoms in total. The molecule has 1 aliphatic heterocycles. The Labute approximate surface area is 117 Å². The monoisotopic (exact) mass is 268 g/mol. The summed E-state index contributed by atoms with van der Waals surface area (Å²) in [6, 6.07) is 13.2.